The lowest BCUT2D eigenvalue weighted by Gasteiger charge is -2.19. The number of nitrogens with zero attached hydrogens (tertiary/aromatic N) is 1. The molecule has 2 nitrogen and oxygen atoms in total. The van der Waals surface area contributed by atoms with E-state index in [2.05, 4.69) is 188 Å². The highest BCUT2D eigenvalue weighted by atomic mass is 32.1. The monoisotopic (exact) mass is 796 g/mol. The Morgan fingerprint density at radius 2 is 1.02 bits per heavy atom. The summed E-state index contributed by atoms with van der Waals surface area (Å²) in [5.74, 6) is 0.487. The van der Waals surface area contributed by atoms with E-state index in [0.717, 1.165) is 22.4 Å². The van der Waals surface area contributed by atoms with Gasteiger partial charge in [-0.1, -0.05) is 206 Å². The van der Waals surface area contributed by atoms with Crippen molar-refractivity contribution in [2.24, 2.45) is 10.7 Å². The van der Waals surface area contributed by atoms with Gasteiger partial charge in [0.15, 0.2) is 0 Å². The van der Waals surface area contributed by atoms with Crippen LogP contribution in [0.4, 0.5) is 0 Å². The van der Waals surface area contributed by atoms with Crippen LogP contribution >= 0.6 is 11.3 Å². The number of nitrogens with two attached hydrogens (primary N) is 1. The highest BCUT2D eigenvalue weighted by Crippen LogP contribution is 2.46. The predicted octanol–water partition coefficient (Wildman–Crippen LogP) is 15.5. The van der Waals surface area contributed by atoms with Crippen LogP contribution < -0.4 is 5.73 Å². The zero-order valence-electron chi connectivity index (χ0n) is 33.4. The van der Waals surface area contributed by atoms with Gasteiger partial charge in [-0.15, -0.1) is 11.3 Å². The van der Waals surface area contributed by atoms with Gasteiger partial charge in [0.25, 0.3) is 0 Å². The van der Waals surface area contributed by atoms with Crippen LogP contribution in [0.25, 0.3) is 91.6 Å². The summed E-state index contributed by atoms with van der Waals surface area (Å²) < 4.78 is 2.63. The van der Waals surface area contributed by atoms with Gasteiger partial charge in [-0.2, -0.15) is 0 Å². The Morgan fingerprint density at radius 3 is 1.82 bits per heavy atom. The summed E-state index contributed by atoms with van der Waals surface area (Å²) >= 11 is 1.85. The maximum absolute atomic E-state index is 6.75. The smallest absolute Gasteiger partial charge is 0.131 e. The van der Waals surface area contributed by atoms with Crippen LogP contribution in [0, 0.1) is 0 Å². The molecule has 0 unspecified atom stereocenters. The van der Waals surface area contributed by atoms with Gasteiger partial charge in [-0.3, -0.25) is 0 Å². The third-order valence-electron chi connectivity index (χ3n) is 11.9. The van der Waals surface area contributed by atoms with Gasteiger partial charge in [0.05, 0.1) is 5.70 Å². The molecule has 61 heavy (non-hydrogen) atoms. The van der Waals surface area contributed by atoms with E-state index in [-0.39, 0.29) is 0 Å². The molecule has 0 bridgehead atoms. The number of benzene rings is 10. The molecule has 11 rings (SSSR count). The number of amidine groups is 1. The number of rotatable bonds is 8. The standard InChI is InChI=1S/C58H40N2S/c59-58(43-18-5-2-6-19-43)60-52(35-26-38-14-13-20-44(36-38)45-32-33-48-47-22-11-12-25-53(47)61-54(48)37-45)40-27-29-42(30-28-40)56-50-24-10-9-23-49(50)55(41-16-3-1-4-17-41)51-34-31-39-15-7-8-21-46(39)57(51)56/h1-25,27-37H,26H2,(H2,59,60)/b52-35-. The third kappa shape index (κ3) is 6.76. The molecular formula is C58H40N2S. The molecule has 0 fully saturated rings. The minimum atomic E-state index is 0.487. The lowest BCUT2D eigenvalue weighted by atomic mass is 9.84. The summed E-state index contributed by atoms with van der Waals surface area (Å²) in [6, 6.07) is 76.3. The topological polar surface area (TPSA) is 38.4 Å². The Kier molecular flexibility index (Phi) is 9.30. The number of hydrogen-bond acceptors (Lipinski definition) is 2. The maximum atomic E-state index is 6.75. The average molecular weight is 797 g/mol. The Balaban J connectivity index is 1.02. The van der Waals surface area contributed by atoms with E-state index in [9.17, 15) is 0 Å². The van der Waals surface area contributed by atoms with Crippen molar-refractivity contribution >= 4 is 75.4 Å². The molecule has 0 aliphatic heterocycles. The second-order valence-corrected chi connectivity index (χ2v) is 16.7. The SMILES string of the molecule is NC(=N/C(=C\Cc1cccc(-c2ccc3c(c2)sc2ccccc23)c1)c1ccc(-c2c3ccccc3c(-c3ccccc3)c3ccc4ccccc4c23)cc1)c1ccccc1. The van der Waals surface area contributed by atoms with Crippen molar-refractivity contribution in [2.45, 2.75) is 6.42 Å². The lowest BCUT2D eigenvalue weighted by Crippen LogP contribution is -2.13. The summed E-state index contributed by atoms with van der Waals surface area (Å²) in [4.78, 5) is 5.11. The molecule has 0 saturated carbocycles. The molecule has 0 radical (unpaired) electrons. The third-order valence-corrected chi connectivity index (χ3v) is 13.1. The minimum absolute atomic E-state index is 0.487. The van der Waals surface area contributed by atoms with Gasteiger partial charge in [0.2, 0.25) is 0 Å². The molecule has 3 heteroatoms. The second kappa shape index (κ2) is 15.5. The summed E-state index contributed by atoms with van der Waals surface area (Å²) in [5, 5.41) is 10.1. The van der Waals surface area contributed by atoms with Crippen molar-refractivity contribution in [3.63, 3.8) is 0 Å². The van der Waals surface area contributed by atoms with Gasteiger partial charge in [0, 0.05) is 25.7 Å². The molecule has 0 amide bonds. The summed E-state index contributed by atoms with van der Waals surface area (Å²) in [6.07, 6.45) is 2.91. The Labute approximate surface area is 359 Å². The van der Waals surface area contributed by atoms with Crippen LogP contribution in [0.3, 0.4) is 0 Å². The number of thiophene rings is 1. The first kappa shape index (κ1) is 36.5. The van der Waals surface area contributed by atoms with E-state index in [0.29, 0.717) is 12.3 Å². The van der Waals surface area contributed by atoms with Crippen LogP contribution in [0.2, 0.25) is 0 Å². The van der Waals surface area contributed by atoms with E-state index < -0.39 is 0 Å². The highest BCUT2D eigenvalue weighted by Gasteiger charge is 2.19. The number of fused-ring (bicyclic) bond motifs is 7. The molecule has 0 aliphatic carbocycles. The molecule has 0 saturated heterocycles. The van der Waals surface area contributed by atoms with Gasteiger partial charge < -0.3 is 5.73 Å². The predicted molar refractivity (Wildman–Crippen MR) is 263 cm³/mol. The first-order chi connectivity index (χ1) is 30.2. The zero-order chi connectivity index (χ0) is 40.7. The van der Waals surface area contributed by atoms with Crippen molar-refractivity contribution in [3.05, 3.63) is 235 Å². The van der Waals surface area contributed by atoms with Gasteiger partial charge in [-0.25, -0.2) is 4.99 Å². The summed E-state index contributed by atoms with van der Waals surface area (Å²) in [5.41, 5.74) is 18.0. The minimum Gasteiger partial charge on any atom is -0.383 e. The molecule has 0 spiro atoms. The molecule has 0 atom stereocenters. The van der Waals surface area contributed by atoms with E-state index in [1.165, 1.54) is 85.9 Å². The quantitative estimate of drug-likeness (QED) is 0.0707. The maximum Gasteiger partial charge on any atom is 0.131 e. The van der Waals surface area contributed by atoms with Crippen molar-refractivity contribution in [1.82, 2.24) is 0 Å². The molecule has 1 aromatic heterocycles. The Hall–Kier alpha value is -7.59. The normalized spacial score (nSPS) is 12.3. The number of aliphatic imine (C=N–C) groups is 1. The summed E-state index contributed by atoms with van der Waals surface area (Å²) in [7, 11) is 0. The number of allylic oxidation sites excluding steroid dienone is 1. The van der Waals surface area contributed by atoms with Crippen LogP contribution in [-0.2, 0) is 6.42 Å². The Bertz CT molecular complexity index is 3490. The first-order valence-electron chi connectivity index (χ1n) is 20.8. The first-order valence-corrected chi connectivity index (χ1v) is 21.6. The molecule has 11 aromatic rings. The van der Waals surface area contributed by atoms with Gasteiger partial charge in [0.1, 0.15) is 5.84 Å². The van der Waals surface area contributed by atoms with Crippen molar-refractivity contribution in [2.75, 3.05) is 0 Å². The van der Waals surface area contributed by atoms with Crippen LogP contribution in [0.15, 0.2) is 223 Å². The molecule has 1 heterocycles. The number of hydrogen-bond donors (Lipinski definition) is 1. The van der Waals surface area contributed by atoms with Crippen molar-refractivity contribution in [3.8, 4) is 33.4 Å². The molecule has 2 N–H and O–H groups in total. The lowest BCUT2D eigenvalue weighted by molar-refractivity contribution is 1.26. The Morgan fingerprint density at radius 1 is 0.426 bits per heavy atom. The highest BCUT2D eigenvalue weighted by molar-refractivity contribution is 7.25. The fraction of sp³-hybridized carbons (Fsp3) is 0.0172. The van der Waals surface area contributed by atoms with E-state index >= 15 is 0 Å². The second-order valence-electron chi connectivity index (χ2n) is 15.6. The van der Waals surface area contributed by atoms with Gasteiger partial charge in [-0.05, 0) is 95.4 Å². The largest absolute Gasteiger partial charge is 0.383 e. The van der Waals surface area contributed by atoms with Crippen LogP contribution in [-0.4, -0.2) is 5.84 Å². The van der Waals surface area contributed by atoms with E-state index in [1.54, 1.807) is 0 Å². The average Bonchev–Trinajstić information content (AvgIpc) is 3.71. The van der Waals surface area contributed by atoms with E-state index in [1.807, 2.05) is 41.7 Å². The van der Waals surface area contributed by atoms with Crippen molar-refractivity contribution < 1.29 is 0 Å². The fourth-order valence-corrected chi connectivity index (χ4v) is 10.1. The zero-order valence-corrected chi connectivity index (χ0v) is 34.2. The van der Waals surface area contributed by atoms with E-state index in [4.69, 9.17) is 10.7 Å². The summed E-state index contributed by atoms with van der Waals surface area (Å²) in [6.45, 7) is 0. The fourth-order valence-electron chi connectivity index (χ4n) is 9.00. The molecule has 288 valence electrons. The molecule has 10 aromatic carbocycles. The molecular weight excluding hydrogens is 757 g/mol. The van der Waals surface area contributed by atoms with Crippen LogP contribution in [0.1, 0.15) is 16.7 Å². The van der Waals surface area contributed by atoms with Gasteiger partial charge >= 0.3 is 0 Å². The molecule has 0 aliphatic rings. The van der Waals surface area contributed by atoms with Crippen LogP contribution in [0.5, 0.6) is 0 Å². The van der Waals surface area contributed by atoms with Crippen molar-refractivity contribution in [1.29, 1.82) is 0 Å².